The van der Waals surface area contributed by atoms with Crippen LogP contribution in [0.2, 0.25) is 0 Å². The predicted molar refractivity (Wildman–Crippen MR) is 59.0 cm³/mol. The van der Waals surface area contributed by atoms with Gasteiger partial charge in [-0.3, -0.25) is 10.1 Å². The Labute approximate surface area is 94.8 Å². The predicted octanol–water partition coefficient (Wildman–Crippen LogP) is 1.72. The summed E-state index contributed by atoms with van der Waals surface area (Å²) in [6, 6.07) is 1.80. The van der Waals surface area contributed by atoms with Crippen molar-refractivity contribution < 1.29 is 14.4 Å². The number of carboxylic acid groups (broad SMARTS) is 1. The number of aryl methyl sites for hydroxylation is 1. The Morgan fingerprint density at radius 1 is 1.56 bits per heavy atom. The molecule has 0 radical (unpaired) electrons. The number of hydrogen-bond acceptors (Lipinski definition) is 4. The Kier molecular flexibility index (Phi) is 4.06. The van der Waals surface area contributed by atoms with Gasteiger partial charge in [-0.25, -0.2) is 0 Å². The first kappa shape index (κ1) is 12.7. The van der Waals surface area contributed by atoms with Gasteiger partial charge in [0.1, 0.15) is 11.3 Å². The van der Waals surface area contributed by atoms with Gasteiger partial charge in [0.05, 0.1) is 5.69 Å². The van der Waals surface area contributed by atoms with Crippen LogP contribution >= 0.6 is 0 Å². The van der Waals surface area contributed by atoms with Gasteiger partial charge in [0.2, 0.25) is 0 Å². The highest BCUT2D eigenvalue weighted by atomic mass is 16.5. The molecule has 0 aliphatic carbocycles. The van der Waals surface area contributed by atoms with Crippen LogP contribution in [-0.2, 0) is 11.3 Å². The average Bonchev–Trinajstić information content (AvgIpc) is 2.66. The Balaban J connectivity index is 2.67. The highest BCUT2D eigenvalue weighted by Crippen LogP contribution is 2.16. The van der Waals surface area contributed by atoms with E-state index in [-0.39, 0.29) is 0 Å². The molecule has 0 aliphatic rings. The fraction of sp³-hybridized carbons (Fsp3) is 0.636. The molecule has 0 fully saturated rings. The summed E-state index contributed by atoms with van der Waals surface area (Å²) in [4.78, 5) is 11.2. The second-order valence-corrected chi connectivity index (χ2v) is 3.88. The number of carboxylic acids is 1. The van der Waals surface area contributed by atoms with Gasteiger partial charge in [0, 0.05) is 12.6 Å². The highest BCUT2D eigenvalue weighted by Gasteiger charge is 2.34. The molecular weight excluding hydrogens is 208 g/mol. The molecule has 0 unspecified atom stereocenters. The van der Waals surface area contributed by atoms with Gasteiger partial charge in [-0.05, 0) is 19.8 Å². The number of aliphatic carboxylic acids is 1. The lowest BCUT2D eigenvalue weighted by molar-refractivity contribution is -0.145. The zero-order chi connectivity index (χ0) is 12.2. The molecule has 0 aliphatic heterocycles. The first-order chi connectivity index (χ1) is 7.54. The van der Waals surface area contributed by atoms with Crippen LogP contribution in [0.3, 0.4) is 0 Å². The molecular formula is C11H18N2O3. The van der Waals surface area contributed by atoms with Crippen molar-refractivity contribution in [3.63, 3.8) is 0 Å². The molecule has 5 heteroatoms. The fourth-order valence-electron chi connectivity index (χ4n) is 1.64. The lowest BCUT2D eigenvalue weighted by atomic mass is 9.93. The summed E-state index contributed by atoms with van der Waals surface area (Å²) < 4.78 is 4.92. The number of hydrogen-bond donors (Lipinski definition) is 2. The third kappa shape index (κ3) is 2.61. The van der Waals surface area contributed by atoms with E-state index in [2.05, 4.69) is 10.5 Å². The Hall–Kier alpha value is -1.36. The molecule has 0 saturated heterocycles. The third-order valence-electron chi connectivity index (χ3n) is 2.90. The molecule has 2 N–H and O–H groups in total. The van der Waals surface area contributed by atoms with E-state index < -0.39 is 11.5 Å². The molecule has 0 aromatic carbocycles. The van der Waals surface area contributed by atoms with Gasteiger partial charge >= 0.3 is 5.97 Å². The number of nitrogens with one attached hydrogen (secondary N) is 1. The lowest BCUT2D eigenvalue weighted by Crippen LogP contribution is -2.50. The standard InChI is InChI=1S/C11H18N2O3/c1-4-11(5-2,10(14)15)12-7-9-6-8(3)16-13-9/h6,12H,4-5,7H2,1-3H3,(H,14,15). The second kappa shape index (κ2) is 5.12. The minimum Gasteiger partial charge on any atom is -0.480 e. The van der Waals surface area contributed by atoms with Crippen LogP contribution in [0.15, 0.2) is 10.6 Å². The molecule has 0 spiro atoms. The molecule has 1 aromatic heterocycles. The summed E-state index contributed by atoms with van der Waals surface area (Å²) in [6.45, 7) is 5.93. The zero-order valence-electron chi connectivity index (χ0n) is 9.91. The van der Waals surface area contributed by atoms with Crippen molar-refractivity contribution in [2.75, 3.05) is 0 Å². The van der Waals surface area contributed by atoms with E-state index >= 15 is 0 Å². The summed E-state index contributed by atoms with van der Waals surface area (Å²) in [7, 11) is 0. The van der Waals surface area contributed by atoms with Crippen LogP contribution in [0.25, 0.3) is 0 Å². The van der Waals surface area contributed by atoms with Crippen LogP contribution in [0.4, 0.5) is 0 Å². The van der Waals surface area contributed by atoms with Gasteiger partial charge in [0.25, 0.3) is 0 Å². The van der Waals surface area contributed by atoms with E-state index in [4.69, 9.17) is 4.52 Å². The van der Waals surface area contributed by atoms with Crippen molar-refractivity contribution >= 4 is 5.97 Å². The lowest BCUT2D eigenvalue weighted by Gasteiger charge is -2.27. The normalized spacial score (nSPS) is 11.7. The Morgan fingerprint density at radius 2 is 2.19 bits per heavy atom. The fourth-order valence-corrected chi connectivity index (χ4v) is 1.64. The summed E-state index contributed by atoms with van der Waals surface area (Å²) in [5.41, 5.74) is -0.141. The topological polar surface area (TPSA) is 75.4 Å². The van der Waals surface area contributed by atoms with Crippen molar-refractivity contribution in [3.8, 4) is 0 Å². The van der Waals surface area contributed by atoms with Crippen molar-refractivity contribution in [2.24, 2.45) is 0 Å². The van der Waals surface area contributed by atoms with Crippen molar-refractivity contribution in [1.82, 2.24) is 10.5 Å². The van der Waals surface area contributed by atoms with Crippen LogP contribution in [0.5, 0.6) is 0 Å². The SMILES string of the molecule is CCC(CC)(NCc1cc(C)on1)C(=O)O. The Bertz CT molecular complexity index is 356. The zero-order valence-corrected chi connectivity index (χ0v) is 9.91. The monoisotopic (exact) mass is 226 g/mol. The van der Waals surface area contributed by atoms with Gasteiger partial charge in [-0.2, -0.15) is 0 Å². The Morgan fingerprint density at radius 3 is 2.56 bits per heavy atom. The van der Waals surface area contributed by atoms with Gasteiger partial charge in [-0.1, -0.05) is 19.0 Å². The average molecular weight is 226 g/mol. The number of carbonyl (C=O) groups is 1. The van der Waals surface area contributed by atoms with Crippen molar-refractivity contribution in [3.05, 3.63) is 17.5 Å². The van der Waals surface area contributed by atoms with E-state index in [1.54, 1.807) is 13.0 Å². The highest BCUT2D eigenvalue weighted by molar-refractivity contribution is 5.78. The molecule has 5 nitrogen and oxygen atoms in total. The van der Waals surface area contributed by atoms with Crippen LogP contribution < -0.4 is 5.32 Å². The van der Waals surface area contributed by atoms with E-state index in [0.29, 0.717) is 19.4 Å². The molecule has 0 amide bonds. The van der Waals surface area contributed by atoms with Crippen molar-refractivity contribution in [1.29, 1.82) is 0 Å². The minimum absolute atomic E-state index is 0.408. The molecule has 90 valence electrons. The summed E-state index contributed by atoms with van der Waals surface area (Å²) in [5.74, 6) is -0.0940. The molecule has 0 atom stereocenters. The second-order valence-electron chi connectivity index (χ2n) is 3.88. The van der Waals surface area contributed by atoms with E-state index in [9.17, 15) is 9.90 Å². The van der Waals surface area contributed by atoms with Crippen molar-refractivity contribution in [2.45, 2.75) is 45.7 Å². The van der Waals surface area contributed by atoms with Gasteiger partial charge in [-0.15, -0.1) is 0 Å². The molecule has 1 aromatic rings. The molecule has 1 rings (SSSR count). The maximum absolute atomic E-state index is 11.2. The maximum atomic E-state index is 11.2. The summed E-state index contributed by atoms with van der Waals surface area (Å²) >= 11 is 0. The third-order valence-corrected chi connectivity index (χ3v) is 2.90. The number of nitrogens with zero attached hydrogens (tertiary/aromatic N) is 1. The quantitative estimate of drug-likeness (QED) is 0.772. The first-order valence-electron chi connectivity index (χ1n) is 5.44. The minimum atomic E-state index is -0.868. The molecule has 0 saturated carbocycles. The van der Waals surface area contributed by atoms with E-state index in [1.807, 2.05) is 13.8 Å². The maximum Gasteiger partial charge on any atom is 0.323 e. The molecule has 16 heavy (non-hydrogen) atoms. The number of rotatable bonds is 6. The summed E-state index contributed by atoms with van der Waals surface area (Å²) in [5, 5.41) is 16.1. The largest absolute Gasteiger partial charge is 0.480 e. The number of aromatic nitrogens is 1. The first-order valence-corrected chi connectivity index (χ1v) is 5.44. The van der Waals surface area contributed by atoms with E-state index in [0.717, 1.165) is 11.5 Å². The summed E-state index contributed by atoms with van der Waals surface area (Å²) in [6.07, 6.45) is 1.07. The molecule has 1 heterocycles. The smallest absolute Gasteiger partial charge is 0.323 e. The molecule has 0 bridgehead atoms. The van der Waals surface area contributed by atoms with Gasteiger partial charge < -0.3 is 9.63 Å². The van der Waals surface area contributed by atoms with Crippen LogP contribution in [-0.4, -0.2) is 21.8 Å². The van der Waals surface area contributed by atoms with Crippen LogP contribution in [0.1, 0.15) is 38.1 Å². The van der Waals surface area contributed by atoms with E-state index in [1.165, 1.54) is 0 Å². The van der Waals surface area contributed by atoms with Gasteiger partial charge in [0.15, 0.2) is 0 Å². The van der Waals surface area contributed by atoms with Crippen LogP contribution in [0, 0.1) is 6.92 Å².